The van der Waals surface area contributed by atoms with Gasteiger partial charge in [-0.1, -0.05) is 0 Å². The van der Waals surface area contributed by atoms with Gasteiger partial charge < -0.3 is 10.6 Å². The summed E-state index contributed by atoms with van der Waals surface area (Å²) in [5, 5.41) is 1.00. The molecule has 2 amide bonds. The van der Waals surface area contributed by atoms with Crippen LogP contribution in [0.2, 0.25) is 0 Å². The maximum Gasteiger partial charge on any atom is 0.264 e. The lowest BCUT2D eigenvalue weighted by molar-refractivity contribution is -0.118. The van der Waals surface area contributed by atoms with Crippen LogP contribution in [-0.2, 0) is 4.79 Å². The molecular weight excluding hydrogens is 336 g/mol. The minimum atomic E-state index is -0.270. The molecule has 7 heteroatoms. The van der Waals surface area contributed by atoms with E-state index in [9.17, 15) is 9.59 Å². The second-order valence-corrected chi connectivity index (χ2v) is 7.86. The van der Waals surface area contributed by atoms with E-state index < -0.39 is 0 Å². The number of carbonyl (C=O) groups is 2. The van der Waals surface area contributed by atoms with Gasteiger partial charge in [-0.2, -0.15) is 0 Å². The Morgan fingerprint density at radius 3 is 2.76 bits per heavy atom. The maximum absolute atomic E-state index is 13.1. The molecule has 25 heavy (non-hydrogen) atoms. The summed E-state index contributed by atoms with van der Waals surface area (Å²) in [6.45, 7) is 7.28. The van der Waals surface area contributed by atoms with Crippen LogP contribution < -0.4 is 5.73 Å². The average molecular weight is 360 g/mol. The second kappa shape index (κ2) is 7.07. The van der Waals surface area contributed by atoms with E-state index in [0.717, 1.165) is 58.0 Å². The summed E-state index contributed by atoms with van der Waals surface area (Å²) in [4.78, 5) is 36.6. The number of likely N-dealkylation sites (tertiary alicyclic amines) is 1. The molecule has 1 saturated heterocycles. The number of aryl methyl sites for hydroxylation is 3. The Kier molecular flexibility index (Phi) is 5.03. The highest BCUT2D eigenvalue weighted by Gasteiger charge is 2.28. The maximum atomic E-state index is 13.1. The molecule has 2 aromatic heterocycles. The monoisotopic (exact) mass is 360 g/mol. The summed E-state index contributed by atoms with van der Waals surface area (Å²) in [6, 6.07) is 0. The average Bonchev–Trinajstić information content (AvgIpc) is 2.89. The van der Waals surface area contributed by atoms with Crippen molar-refractivity contribution in [3.63, 3.8) is 0 Å². The van der Waals surface area contributed by atoms with Gasteiger partial charge in [-0.15, -0.1) is 11.3 Å². The zero-order chi connectivity index (χ0) is 18.1. The summed E-state index contributed by atoms with van der Waals surface area (Å²) in [6.07, 6.45) is 3.17. The van der Waals surface area contributed by atoms with E-state index in [1.54, 1.807) is 0 Å². The van der Waals surface area contributed by atoms with Crippen molar-refractivity contribution in [1.82, 2.24) is 14.9 Å². The van der Waals surface area contributed by atoms with Gasteiger partial charge in [-0.3, -0.25) is 9.59 Å². The van der Waals surface area contributed by atoms with Gasteiger partial charge in [0.15, 0.2) is 0 Å². The van der Waals surface area contributed by atoms with Gasteiger partial charge in [0.2, 0.25) is 5.91 Å². The number of aromatic nitrogens is 2. The molecule has 1 fully saturated rings. The molecule has 1 aliphatic rings. The summed E-state index contributed by atoms with van der Waals surface area (Å²) in [5.41, 5.74) is 7.15. The number of hydrogen-bond donors (Lipinski definition) is 1. The van der Waals surface area contributed by atoms with Crippen LogP contribution in [0.3, 0.4) is 0 Å². The van der Waals surface area contributed by atoms with Crippen LogP contribution in [-0.4, -0.2) is 39.8 Å². The van der Waals surface area contributed by atoms with E-state index in [1.165, 1.54) is 11.3 Å². The molecular formula is C18H24N4O2S. The molecule has 134 valence electrons. The van der Waals surface area contributed by atoms with Crippen molar-refractivity contribution in [2.24, 2.45) is 11.7 Å². The zero-order valence-electron chi connectivity index (χ0n) is 15.0. The SMILES string of the molecule is Cc1nc(C)c2c(C)c(C(=O)N3CCC[C@H](CCC(N)=O)C3)sc2n1. The summed E-state index contributed by atoms with van der Waals surface area (Å²) >= 11 is 1.46. The van der Waals surface area contributed by atoms with Crippen molar-refractivity contribution in [3.05, 3.63) is 22.0 Å². The summed E-state index contributed by atoms with van der Waals surface area (Å²) in [7, 11) is 0. The van der Waals surface area contributed by atoms with E-state index in [2.05, 4.69) is 9.97 Å². The molecule has 3 rings (SSSR count). The van der Waals surface area contributed by atoms with Gasteiger partial charge in [-0.05, 0) is 51.5 Å². The summed E-state index contributed by atoms with van der Waals surface area (Å²) in [5.74, 6) is 0.882. The number of piperidine rings is 1. The highest BCUT2D eigenvalue weighted by Crippen LogP contribution is 2.33. The fourth-order valence-electron chi connectivity index (χ4n) is 3.65. The van der Waals surface area contributed by atoms with E-state index in [4.69, 9.17) is 5.73 Å². The molecule has 3 heterocycles. The number of fused-ring (bicyclic) bond motifs is 1. The number of carbonyl (C=O) groups excluding carboxylic acids is 2. The van der Waals surface area contributed by atoms with Gasteiger partial charge >= 0.3 is 0 Å². The van der Waals surface area contributed by atoms with Gasteiger partial charge in [0.1, 0.15) is 10.7 Å². The standard InChI is InChI=1S/C18H24N4O2S/c1-10-15-11(2)20-12(3)21-17(15)25-16(10)18(24)22-8-4-5-13(9-22)6-7-14(19)23/h13H,4-9H2,1-3H3,(H2,19,23)/t13-/m1/s1. The Morgan fingerprint density at radius 2 is 2.04 bits per heavy atom. The predicted molar refractivity (Wildman–Crippen MR) is 98.7 cm³/mol. The van der Waals surface area contributed by atoms with Crippen molar-refractivity contribution in [1.29, 1.82) is 0 Å². The van der Waals surface area contributed by atoms with Crippen molar-refractivity contribution >= 4 is 33.4 Å². The Hall–Kier alpha value is -2.02. The van der Waals surface area contributed by atoms with E-state index >= 15 is 0 Å². The Bertz CT molecular complexity index is 830. The fourth-order valence-corrected chi connectivity index (χ4v) is 4.90. The van der Waals surface area contributed by atoms with Crippen LogP contribution in [0.15, 0.2) is 0 Å². The highest BCUT2D eigenvalue weighted by molar-refractivity contribution is 7.20. The van der Waals surface area contributed by atoms with Crippen LogP contribution in [0.4, 0.5) is 0 Å². The van der Waals surface area contributed by atoms with Crippen molar-refractivity contribution in [2.45, 2.75) is 46.5 Å². The lowest BCUT2D eigenvalue weighted by Crippen LogP contribution is -2.40. The molecule has 0 aromatic carbocycles. The number of primary amides is 1. The Labute approximate surface area is 151 Å². The summed E-state index contributed by atoms with van der Waals surface area (Å²) < 4.78 is 0. The number of thiophene rings is 1. The second-order valence-electron chi connectivity index (χ2n) is 6.86. The van der Waals surface area contributed by atoms with Crippen LogP contribution in [0.25, 0.3) is 10.2 Å². The smallest absolute Gasteiger partial charge is 0.264 e. The lowest BCUT2D eigenvalue weighted by Gasteiger charge is -2.32. The molecule has 0 aliphatic carbocycles. The van der Waals surface area contributed by atoms with Crippen LogP contribution >= 0.6 is 11.3 Å². The van der Waals surface area contributed by atoms with Crippen molar-refractivity contribution in [3.8, 4) is 0 Å². The molecule has 0 radical (unpaired) electrons. The molecule has 1 atom stereocenters. The molecule has 0 saturated carbocycles. The minimum Gasteiger partial charge on any atom is -0.370 e. The molecule has 0 spiro atoms. The fraction of sp³-hybridized carbons (Fsp3) is 0.556. The first kappa shape index (κ1) is 17.8. The van der Waals surface area contributed by atoms with Crippen LogP contribution in [0.1, 0.15) is 52.4 Å². The molecule has 6 nitrogen and oxygen atoms in total. The third-order valence-corrected chi connectivity index (χ3v) is 6.06. The largest absolute Gasteiger partial charge is 0.370 e. The van der Waals surface area contributed by atoms with Gasteiger partial charge in [0, 0.05) is 30.6 Å². The lowest BCUT2D eigenvalue weighted by atomic mass is 9.93. The first-order valence-corrected chi connectivity index (χ1v) is 9.50. The number of amides is 2. The first-order valence-electron chi connectivity index (χ1n) is 8.68. The third kappa shape index (κ3) is 3.66. The van der Waals surface area contributed by atoms with E-state index in [1.807, 2.05) is 25.7 Å². The molecule has 0 unspecified atom stereocenters. The van der Waals surface area contributed by atoms with E-state index in [0.29, 0.717) is 18.9 Å². The van der Waals surface area contributed by atoms with Crippen LogP contribution in [0.5, 0.6) is 0 Å². The Balaban J connectivity index is 1.83. The number of rotatable bonds is 4. The highest BCUT2D eigenvalue weighted by atomic mass is 32.1. The molecule has 2 aromatic rings. The number of nitrogens with zero attached hydrogens (tertiary/aromatic N) is 3. The molecule has 1 aliphatic heterocycles. The number of hydrogen-bond acceptors (Lipinski definition) is 5. The quantitative estimate of drug-likeness (QED) is 0.908. The number of nitrogens with two attached hydrogens (primary N) is 1. The molecule has 2 N–H and O–H groups in total. The van der Waals surface area contributed by atoms with Crippen LogP contribution in [0, 0.1) is 26.7 Å². The Morgan fingerprint density at radius 1 is 1.28 bits per heavy atom. The van der Waals surface area contributed by atoms with Gasteiger partial charge in [-0.25, -0.2) is 9.97 Å². The van der Waals surface area contributed by atoms with Crippen molar-refractivity contribution in [2.75, 3.05) is 13.1 Å². The minimum absolute atomic E-state index is 0.0707. The third-order valence-electron chi connectivity index (χ3n) is 4.88. The van der Waals surface area contributed by atoms with E-state index in [-0.39, 0.29) is 11.8 Å². The predicted octanol–water partition coefficient (Wildman–Crippen LogP) is 2.73. The topological polar surface area (TPSA) is 89.2 Å². The van der Waals surface area contributed by atoms with Gasteiger partial charge in [0.25, 0.3) is 5.91 Å². The first-order chi connectivity index (χ1) is 11.9. The van der Waals surface area contributed by atoms with Crippen molar-refractivity contribution < 1.29 is 9.59 Å². The molecule has 0 bridgehead atoms. The zero-order valence-corrected chi connectivity index (χ0v) is 15.8. The normalized spacial score (nSPS) is 17.9. The van der Waals surface area contributed by atoms with Gasteiger partial charge in [0.05, 0.1) is 4.88 Å².